The molecular formula is C13H18ClNO4S2. The monoisotopic (exact) mass is 351 g/mol. The van der Waals surface area contributed by atoms with E-state index in [1.807, 2.05) is 18.2 Å². The van der Waals surface area contributed by atoms with Crippen molar-refractivity contribution in [1.82, 2.24) is 4.72 Å². The molecule has 8 heteroatoms. The second kappa shape index (κ2) is 6.64. The van der Waals surface area contributed by atoms with E-state index < -0.39 is 31.2 Å². The fourth-order valence-corrected chi connectivity index (χ4v) is 6.15. The van der Waals surface area contributed by atoms with Crippen molar-refractivity contribution in [2.24, 2.45) is 0 Å². The summed E-state index contributed by atoms with van der Waals surface area (Å²) < 4.78 is 50.1. The molecule has 1 aromatic rings. The third-order valence-corrected chi connectivity index (χ3v) is 7.59. The van der Waals surface area contributed by atoms with E-state index in [-0.39, 0.29) is 30.2 Å². The van der Waals surface area contributed by atoms with Crippen molar-refractivity contribution in [3.63, 3.8) is 0 Å². The van der Waals surface area contributed by atoms with Gasteiger partial charge in [0, 0.05) is 5.88 Å². The highest BCUT2D eigenvalue weighted by Gasteiger charge is 2.34. The number of rotatable bonds is 5. The van der Waals surface area contributed by atoms with Crippen LogP contribution in [0.15, 0.2) is 30.3 Å². The normalized spacial score (nSPS) is 21.0. The molecule has 0 bridgehead atoms. The van der Waals surface area contributed by atoms with Gasteiger partial charge in [-0.25, -0.2) is 21.6 Å². The van der Waals surface area contributed by atoms with Crippen LogP contribution in [0.5, 0.6) is 0 Å². The van der Waals surface area contributed by atoms with Gasteiger partial charge in [-0.1, -0.05) is 30.3 Å². The number of nitrogens with one attached hydrogen (secondary N) is 1. The minimum Gasteiger partial charge on any atom is -0.229 e. The molecule has 118 valence electrons. The Balaban J connectivity index is 2.10. The van der Waals surface area contributed by atoms with Gasteiger partial charge < -0.3 is 0 Å². The second-order valence-corrected chi connectivity index (χ2v) is 9.74. The van der Waals surface area contributed by atoms with Gasteiger partial charge in [0.25, 0.3) is 0 Å². The Hall–Kier alpha value is -0.630. The van der Waals surface area contributed by atoms with E-state index in [0.717, 1.165) is 5.56 Å². The zero-order valence-corrected chi connectivity index (χ0v) is 13.8. The Bertz CT molecular complexity index is 659. The molecule has 2 rings (SSSR count). The maximum atomic E-state index is 12.4. The van der Waals surface area contributed by atoms with Gasteiger partial charge in [-0.15, -0.1) is 11.6 Å². The first-order valence-electron chi connectivity index (χ1n) is 6.66. The standard InChI is InChI=1S/C13H18ClNO4S2/c14-10-13(11-4-2-1-3-5-11)15-21(18,19)12-6-8-20(16,17)9-7-12/h1-5,12-13,15H,6-10H2. The molecule has 21 heavy (non-hydrogen) atoms. The highest BCUT2D eigenvalue weighted by molar-refractivity contribution is 7.92. The molecule has 0 aromatic heterocycles. The lowest BCUT2D eigenvalue weighted by Gasteiger charge is -2.25. The van der Waals surface area contributed by atoms with Gasteiger partial charge in [-0.2, -0.15) is 0 Å². The lowest BCUT2D eigenvalue weighted by molar-refractivity contribution is 0.533. The van der Waals surface area contributed by atoms with E-state index >= 15 is 0 Å². The lowest BCUT2D eigenvalue weighted by Crippen LogP contribution is -2.41. The van der Waals surface area contributed by atoms with Crippen LogP contribution in [-0.2, 0) is 19.9 Å². The Morgan fingerprint density at radius 3 is 2.29 bits per heavy atom. The molecule has 0 spiro atoms. The Morgan fingerprint density at radius 1 is 1.19 bits per heavy atom. The molecule has 1 unspecified atom stereocenters. The summed E-state index contributed by atoms with van der Waals surface area (Å²) in [6.45, 7) is 0. The van der Waals surface area contributed by atoms with Gasteiger partial charge in [0.05, 0.1) is 22.8 Å². The Morgan fingerprint density at radius 2 is 1.76 bits per heavy atom. The van der Waals surface area contributed by atoms with Crippen molar-refractivity contribution >= 4 is 31.5 Å². The highest BCUT2D eigenvalue weighted by Crippen LogP contribution is 2.22. The maximum Gasteiger partial charge on any atom is 0.215 e. The van der Waals surface area contributed by atoms with E-state index in [1.54, 1.807) is 12.1 Å². The van der Waals surface area contributed by atoms with Crippen molar-refractivity contribution in [1.29, 1.82) is 0 Å². The van der Waals surface area contributed by atoms with Crippen LogP contribution in [0.2, 0.25) is 0 Å². The number of halogens is 1. The summed E-state index contributed by atoms with van der Waals surface area (Å²) in [5.41, 5.74) is 0.791. The van der Waals surface area contributed by atoms with Gasteiger partial charge in [-0.05, 0) is 18.4 Å². The molecule has 1 N–H and O–H groups in total. The molecule has 1 aliphatic rings. The van der Waals surface area contributed by atoms with Crippen LogP contribution in [0.3, 0.4) is 0 Å². The number of hydrogen-bond acceptors (Lipinski definition) is 4. The molecule has 0 aliphatic carbocycles. The average Bonchev–Trinajstić information content (AvgIpc) is 2.45. The van der Waals surface area contributed by atoms with E-state index in [1.165, 1.54) is 0 Å². The van der Waals surface area contributed by atoms with E-state index in [0.29, 0.717) is 0 Å². The first-order valence-corrected chi connectivity index (χ1v) is 10.6. The van der Waals surface area contributed by atoms with Gasteiger partial charge in [0.1, 0.15) is 9.84 Å². The number of alkyl halides is 1. The summed E-state index contributed by atoms with van der Waals surface area (Å²) in [7, 11) is -6.67. The zero-order chi connectivity index (χ0) is 15.5. The zero-order valence-electron chi connectivity index (χ0n) is 11.4. The van der Waals surface area contributed by atoms with Gasteiger partial charge >= 0.3 is 0 Å². The Kier molecular flexibility index (Phi) is 5.29. The largest absolute Gasteiger partial charge is 0.229 e. The number of sulfone groups is 1. The fourth-order valence-electron chi connectivity index (χ4n) is 2.35. The van der Waals surface area contributed by atoms with E-state index in [2.05, 4.69) is 4.72 Å². The van der Waals surface area contributed by atoms with Crippen molar-refractivity contribution < 1.29 is 16.8 Å². The summed E-state index contributed by atoms with van der Waals surface area (Å²) in [6, 6.07) is 8.58. The molecule has 1 heterocycles. The maximum absolute atomic E-state index is 12.4. The van der Waals surface area contributed by atoms with E-state index in [9.17, 15) is 16.8 Å². The predicted octanol–water partition coefficient (Wildman–Crippen LogP) is 1.46. The predicted molar refractivity (Wildman–Crippen MR) is 83.6 cm³/mol. The van der Waals surface area contributed by atoms with Crippen LogP contribution >= 0.6 is 11.6 Å². The molecule has 1 atom stereocenters. The Labute approximate surface area is 130 Å². The molecule has 0 saturated carbocycles. The van der Waals surface area contributed by atoms with Crippen LogP contribution in [0.25, 0.3) is 0 Å². The summed E-state index contributed by atoms with van der Waals surface area (Å²) in [5.74, 6) is -0.0286. The topological polar surface area (TPSA) is 80.3 Å². The van der Waals surface area contributed by atoms with Crippen LogP contribution in [-0.4, -0.2) is 39.5 Å². The first kappa shape index (κ1) is 16.7. The molecule has 1 aromatic carbocycles. The summed E-state index contributed by atoms with van der Waals surface area (Å²) in [5, 5.41) is -0.671. The van der Waals surface area contributed by atoms with Crippen LogP contribution in [0, 0.1) is 0 Å². The molecule has 1 fully saturated rings. The highest BCUT2D eigenvalue weighted by atomic mass is 35.5. The van der Waals surface area contributed by atoms with Crippen molar-refractivity contribution in [2.45, 2.75) is 24.1 Å². The number of benzene rings is 1. The quantitative estimate of drug-likeness (QED) is 0.814. The van der Waals surface area contributed by atoms with Crippen LogP contribution < -0.4 is 4.72 Å². The smallest absolute Gasteiger partial charge is 0.215 e. The van der Waals surface area contributed by atoms with Crippen LogP contribution in [0.4, 0.5) is 0 Å². The number of hydrogen-bond donors (Lipinski definition) is 1. The fraction of sp³-hybridized carbons (Fsp3) is 0.538. The van der Waals surface area contributed by atoms with E-state index in [4.69, 9.17) is 11.6 Å². The number of sulfonamides is 1. The molecular weight excluding hydrogens is 334 g/mol. The third-order valence-electron chi connectivity index (χ3n) is 3.60. The first-order chi connectivity index (χ1) is 9.84. The van der Waals surface area contributed by atoms with Gasteiger partial charge in [0.2, 0.25) is 10.0 Å². The van der Waals surface area contributed by atoms with Gasteiger partial charge in [-0.3, -0.25) is 0 Å². The molecule has 1 aliphatic heterocycles. The van der Waals surface area contributed by atoms with Gasteiger partial charge in [0.15, 0.2) is 0 Å². The van der Waals surface area contributed by atoms with Crippen LogP contribution in [0.1, 0.15) is 24.4 Å². The van der Waals surface area contributed by atoms with Crippen molar-refractivity contribution in [2.75, 3.05) is 17.4 Å². The molecule has 0 amide bonds. The SMILES string of the molecule is O=S1(=O)CCC(S(=O)(=O)NC(CCl)c2ccccc2)CC1. The minimum atomic E-state index is -3.59. The minimum absolute atomic E-state index is 0.0740. The molecule has 5 nitrogen and oxygen atoms in total. The summed E-state index contributed by atoms with van der Waals surface area (Å²) >= 11 is 5.87. The summed E-state index contributed by atoms with van der Waals surface area (Å²) in [6.07, 6.45) is 0.281. The molecule has 1 saturated heterocycles. The second-order valence-electron chi connectivity index (χ2n) is 5.13. The van der Waals surface area contributed by atoms with Crippen molar-refractivity contribution in [3.05, 3.63) is 35.9 Å². The third kappa shape index (κ3) is 4.42. The molecule has 0 radical (unpaired) electrons. The van der Waals surface area contributed by atoms with Crippen molar-refractivity contribution in [3.8, 4) is 0 Å². The summed E-state index contributed by atoms with van der Waals surface area (Å²) in [4.78, 5) is 0. The average molecular weight is 352 g/mol. The lowest BCUT2D eigenvalue weighted by atomic mass is 10.1.